The van der Waals surface area contributed by atoms with Crippen LogP contribution >= 0.6 is 0 Å². The molecule has 0 fully saturated rings. The van der Waals surface area contributed by atoms with E-state index in [-0.39, 0.29) is 5.41 Å². The van der Waals surface area contributed by atoms with Crippen molar-refractivity contribution in [3.8, 4) is 28.7 Å². The summed E-state index contributed by atoms with van der Waals surface area (Å²) < 4.78 is 10.9. The summed E-state index contributed by atoms with van der Waals surface area (Å²) in [5, 5.41) is 9.81. The molecule has 0 aliphatic heterocycles. The van der Waals surface area contributed by atoms with Gasteiger partial charge in [0.2, 0.25) is 0 Å². The average Bonchev–Trinajstić information content (AvgIpc) is 2.65. The normalized spacial score (nSPS) is 16.4. The number of ether oxygens (including phenoxy) is 2. The second-order valence-electron chi connectivity index (χ2n) is 8.19. The van der Waals surface area contributed by atoms with Crippen LogP contribution in [0.1, 0.15) is 44.0 Å². The summed E-state index contributed by atoms with van der Waals surface area (Å²) in [6.45, 7) is 6.81. The first kappa shape index (κ1) is 19.0. The molecular weight excluding hydrogens is 338 g/mol. The van der Waals surface area contributed by atoms with Gasteiger partial charge in [-0.25, -0.2) is 4.98 Å². The van der Waals surface area contributed by atoms with Crippen molar-refractivity contribution in [2.24, 2.45) is 11.3 Å². The quantitative estimate of drug-likeness (QED) is 0.873. The summed E-state index contributed by atoms with van der Waals surface area (Å²) >= 11 is 0. The van der Waals surface area contributed by atoms with Gasteiger partial charge >= 0.3 is 0 Å². The summed E-state index contributed by atoms with van der Waals surface area (Å²) in [6, 6.07) is 7.96. The van der Waals surface area contributed by atoms with Gasteiger partial charge in [0, 0.05) is 17.3 Å². The van der Waals surface area contributed by atoms with Crippen LogP contribution in [0.2, 0.25) is 0 Å². The Morgan fingerprint density at radius 1 is 1.15 bits per heavy atom. The van der Waals surface area contributed by atoms with Crippen molar-refractivity contribution in [2.45, 2.75) is 40.0 Å². The van der Waals surface area contributed by atoms with Gasteiger partial charge in [-0.3, -0.25) is 0 Å². The molecule has 5 heteroatoms. The third-order valence-corrected chi connectivity index (χ3v) is 5.57. The molecule has 0 saturated carbocycles. The number of nitriles is 1. The van der Waals surface area contributed by atoms with Crippen LogP contribution in [0.3, 0.4) is 0 Å². The van der Waals surface area contributed by atoms with Crippen molar-refractivity contribution in [3.05, 3.63) is 35.0 Å². The van der Waals surface area contributed by atoms with Gasteiger partial charge in [-0.2, -0.15) is 5.26 Å². The first-order chi connectivity index (χ1) is 12.8. The number of anilines is 1. The molecule has 0 radical (unpaired) electrons. The largest absolute Gasteiger partial charge is 0.497 e. The second-order valence-corrected chi connectivity index (χ2v) is 8.19. The number of pyridine rings is 1. The molecule has 0 amide bonds. The Balaban J connectivity index is 2.27. The molecule has 0 spiro atoms. The first-order valence-electron chi connectivity index (χ1n) is 9.23. The maximum absolute atomic E-state index is 9.81. The number of benzene rings is 1. The number of fused-ring (bicyclic) bond motifs is 1. The molecule has 0 bridgehead atoms. The molecule has 1 atom stereocenters. The van der Waals surface area contributed by atoms with E-state index < -0.39 is 0 Å². The van der Waals surface area contributed by atoms with Gasteiger partial charge in [-0.15, -0.1) is 0 Å². The van der Waals surface area contributed by atoms with E-state index in [9.17, 15) is 5.26 Å². The number of nitrogens with zero attached hydrogens (tertiary/aromatic N) is 2. The van der Waals surface area contributed by atoms with Gasteiger partial charge in [0.15, 0.2) is 0 Å². The number of aryl methyl sites for hydroxylation is 1. The third kappa shape index (κ3) is 3.57. The van der Waals surface area contributed by atoms with Gasteiger partial charge in [-0.1, -0.05) is 20.8 Å². The van der Waals surface area contributed by atoms with Crippen LogP contribution in [0, 0.1) is 22.7 Å². The summed E-state index contributed by atoms with van der Waals surface area (Å²) in [7, 11) is 3.24. The van der Waals surface area contributed by atoms with Crippen molar-refractivity contribution in [3.63, 3.8) is 0 Å². The van der Waals surface area contributed by atoms with E-state index in [2.05, 4.69) is 31.8 Å². The van der Waals surface area contributed by atoms with E-state index in [0.717, 1.165) is 41.6 Å². The number of nitrogens with two attached hydrogens (primary N) is 1. The zero-order valence-corrected chi connectivity index (χ0v) is 16.7. The van der Waals surface area contributed by atoms with Crippen molar-refractivity contribution >= 4 is 5.82 Å². The van der Waals surface area contributed by atoms with Gasteiger partial charge in [0.1, 0.15) is 28.9 Å². The molecule has 5 nitrogen and oxygen atoms in total. The van der Waals surface area contributed by atoms with Crippen LogP contribution < -0.4 is 15.2 Å². The van der Waals surface area contributed by atoms with Crippen LogP contribution in [-0.4, -0.2) is 19.2 Å². The zero-order valence-electron chi connectivity index (χ0n) is 16.7. The Bertz CT molecular complexity index is 885. The van der Waals surface area contributed by atoms with Crippen molar-refractivity contribution < 1.29 is 9.47 Å². The van der Waals surface area contributed by atoms with E-state index in [4.69, 9.17) is 15.2 Å². The Labute approximate surface area is 161 Å². The molecule has 3 rings (SSSR count). The lowest BCUT2D eigenvalue weighted by Gasteiger charge is -2.35. The molecule has 1 unspecified atom stereocenters. The Kier molecular flexibility index (Phi) is 5.01. The van der Waals surface area contributed by atoms with E-state index >= 15 is 0 Å². The average molecular weight is 365 g/mol. The minimum atomic E-state index is 0.190. The molecule has 27 heavy (non-hydrogen) atoms. The molecule has 142 valence electrons. The summed E-state index contributed by atoms with van der Waals surface area (Å²) in [5.74, 6) is 2.18. The minimum absolute atomic E-state index is 0.190. The van der Waals surface area contributed by atoms with Crippen molar-refractivity contribution in [2.75, 3.05) is 20.0 Å². The van der Waals surface area contributed by atoms with Crippen LogP contribution in [0.15, 0.2) is 18.2 Å². The monoisotopic (exact) mass is 365 g/mol. The van der Waals surface area contributed by atoms with E-state index in [1.807, 2.05) is 18.2 Å². The highest BCUT2D eigenvalue weighted by atomic mass is 16.5. The molecule has 1 aliphatic rings. The summed E-state index contributed by atoms with van der Waals surface area (Å²) in [4.78, 5) is 4.57. The maximum Gasteiger partial charge on any atom is 0.142 e. The molecular formula is C22H27N3O2. The standard InChI is InChI=1S/C22H27N3O2/c1-22(2,3)14-6-7-19-17(10-14)20(18(12-23)21(24)25-19)13-8-15(26-4)11-16(9-13)27-5/h8-9,11,14H,6-7,10H2,1-5H3,(H2,24,25). The van der Waals surface area contributed by atoms with E-state index in [1.165, 1.54) is 0 Å². The first-order valence-corrected chi connectivity index (χ1v) is 9.23. The fraction of sp³-hybridized carbons (Fsp3) is 0.455. The Hall–Kier alpha value is -2.74. The SMILES string of the molecule is COc1cc(OC)cc(-c2c(C#N)c(N)nc3c2CC(C(C)(C)C)CC3)c1. The number of methoxy groups -OCH3 is 2. The molecule has 1 aromatic heterocycles. The predicted octanol–water partition coefficient (Wildman–Crippen LogP) is 4.37. The number of rotatable bonds is 3. The van der Waals surface area contributed by atoms with E-state index in [0.29, 0.717) is 28.8 Å². The second kappa shape index (κ2) is 7.11. The molecule has 1 aliphatic carbocycles. The maximum atomic E-state index is 9.81. The van der Waals surface area contributed by atoms with Gasteiger partial charge in [0.05, 0.1) is 14.2 Å². The molecule has 2 N–H and O–H groups in total. The fourth-order valence-electron chi connectivity index (χ4n) is 3.90. The summed E-state index contributed by atoms with van der Waals surface area (Å²) in [5.41, 5.74) is 10.7. The van der Waals surface area contributed by atoms with Crippen LogP contribution in [0.5, 0.6) is 11.5 Å². The number of aromatic nitrogens is 1. The zero-order chi connectivity index (χ0) is 19.8. The molecule has 1 aromatic carbocycles. The highest BCUT2D eigenvalue weighted by molar-refractivity contribution is 5.81. The number of hydrogen-bond acceptors (Lipinski definition) is 5. The summed E-state index contributed by atoms with van der Waals surface area (Å²) in [6.07, 6.45) is 2.84. The number of hydrogen-bond donors (Lipinski definition) is 1. The van der Waals surface area contributed by atoms with E-state index in [1.54, 1.807) is 14.2 Å². The lowest BCUT2D eigenvalue weighted by molar-refractivity contribution is 0.215. The van der Waals surface area contributed by atoms with Gasteiger partial charge < -0.3 is 15.2 Å². The molecule has 2 aromatic rings. The van der Waals surface area contributed by atoms with Gasteiger partial charge in [0.25, 0.3) is 0 Å². The van der Waals surface area contributed by atoms with Crippen LogP contribution in [0.25, 0.3) is 11.1 Å². The number of nitrogen functional groups attached to an aromatic ring is 1. The Morgan fingerprint density at radius 3 is 2.30 bits per heavy atom. The highest BCUT2D eigenvalue weighted by Crippen LogP contribution is 2.43. The topological polar surface area (TPSA) is 81.2 Å². The smallest absolute Gasteiger partial charge is 0.142 e. The molecule has 1 heterocycles. The lowest BCUT2D eigenvalue weighted by atomic mass is 9.70. The van der Waals surface area contributed by atoms with Crippen LogP contribution in [0.4, 0.5) is 5.82 Å². The Morgan fingerprint density at radius 2 is 1.78 bits per heavy atom. The van der Waals surface area contributed by atoms with Crippen LogP contribution in [-0.2, 0) is 12.8 Å². The lowest BCUT2D eigenvalue weighted by Crippen LogP contribution is -2.28. The highest BCUT2D eigenvalue weighted by Gasteiger charge is 2.32. The van der Waals surface area contributed by atoms with Gasteiger partial charge in [-0.05, 0) is 53.9 Å². The minimum Gasteiger partial charge on any atom is -0.497 e. The molecule has 0 saturated heterocycles. The predicted molar refractivity (Wildman–Crippen MR) is 107 cm³/mol. The fourth-order valence-corrected chi connectivity index (χ4v) is 3.90. The van der Waals surface area contributed by atoms with Crippen molar-refractivity contribution in [1.29, 1.82) is 5.26 Å². The third-order valence-electron chi connectivity index (χ3n) is 5.57. The van der Waals surface area contributed by atoms with Crippen molar-refractivity contribution in [1.82, 2.24) is 4.98 Å².